The van der Waals surface area contributed by atoms with Crippen LogP contribution in [0.4, 0.5) is 0 Å². The van der Waals surface area contributed by atoms with Crippen molar-refractivity contribution in [1.82, 2.24) is 10.6 Å². The van der Waals surface area contributed by atoms with Crippen LogP contribution in [0.15, 0.2) is 18.2 Å². The zero-order chi connectivity index (χ0) is 14.6. The van der Waals surface area contributed by atoms with Crippen molar-refractivity contribution in [2.24, 2.45) is 0 Å². The summed E-state index contributed by atoms with van der Waals surface area (Å²) in [6.07, 6.45) is 0. The molecule has 1 aliphatic heterocycles. The van der Waals surface area contributed by atoms with Crippen LogP contribution in [-0.4, -0.2) is 39.3 Å². The van der Waals surface area contributed by atoms with Gasteiger partial charge in [-0.1, -0.05) is 19.9 Å². The van der Waals surface area contributed by atoms with Crippen LogP contribution in [0, 0.1) is 0 Å². The van der Waals surface area contributed by atoms with Gasteiger partial charge >= 0.3 is 0 Å². The fraction of sp³-hybridized carbons (Fsp3) is 0.533. The largest absolute Gasteiger partial charge is 0.486 e. The maximum absolute atomic E-state index is 11.5. The molecule has 0 atom stereocenters. The summed E-state index contributed by atoms with van der Waals surface area (Å²) < 4.78 is 11.1. The molecule has 0 aromatic heterocycles. The Bertz CT molecular complexity index is 486. The van der Waals surface area contributed by atoms with Crippen molar-refractivity contribution in [3.05, 3.63) is 23.8 Å². The van der Waals surface area contributed by atoms with Crippen molar-refractivity contribution in [3.8, 4) is 11.5 Å². The normalized spacial score (nSPS) is 13.9. The van der Waals surface area contributed by atoms with Gasteiger partial charge in [0, 0.05) is 12.0 Å². The molecule has 1 aromatic rings. The molecule has 1 aliphatic rings. The molecule has 0 unspecified atom stereocenters. The minimum atomic E-state index is -0.167. The molecule has 1 heterocycles. The number of carbonyl (C=O) groups is 1. The molecule has 20 heavy (non-hydrogen) atoms. The van der Waals surface area contributed by atoms with E-state index in [1.54, 1.807) is 7.05 Å². The van der Waals surface area contributed by atoms with Crippen molar-refractivity contribution in [2.45, 2.75) is 19.3 Å². The van der Waals surface area contributed by atoms with E-state index >= 15 is 0 Å². The average molecular weight is 278 g/mol. The minimum Gasteiger partial charge on any atom is -0.486 e. The average Bonchev–Trinajstić information content (AvgIpc) is 2.45. The first kappa shape index (κ1) is 14.7. The highest BCUT2D eigenvalue weighted by Gasteiger charge is 2.24. The summed E-state index contributed by atoms with van der Waals surface area (Å²) in [6, 6.07) is 5.96. The van der Waals surface area contributed by atoms with Crippen LogP contribution in [0.1, 0.15) is 19.4 Å². The van der Waals surface area contributed by atoms with Gasteiger partial charge in [-0.15, -0.1) is 0 Å². The van der Waals surface area contributed by atoms with E-state index < -0.39 is 0 Å². The van der Waals surface area contributed by atoms with Crippen LogP contribution in [0.5, 0.6) is 11.5 Å². The standard InChI is InChI=1S/C15H22N2O3/c1-15(2,10-17-14(18)9-16-3)11-4-5-12-13(8-11)20-7-6-19-12/h4-5,8,16H,6-7,9-10H2,1-3H3,(H,17,18). The summed E-state index contributed by atoms with van der Waals surface area (Å²) in [7, 11) is 1.76. The zero-order valence-electron chi connectivity index (χ0n) is 12.3. The van der Waals surface area contributed by atoms with E-state index in [9.17, 15) is 4.79 Å². The SMILES string of the molecule is CNCC(=O)NCC(C)(C)c1ccc2c(c1)OCCO2. The fourth-order valence-corrected chi connectivity index (χ4v) is 2.11. The van der Waals surface area contributed by atoms with E-state index in [0.717, 1.165) is 17.1 Å². The Balaban J connectivity index is 2.06. The van der Waals surface area contributed by atoms with Gasteiger partial charge in [-0.3, -0.25) is 4.79 Å². The van der Waals surface area contributed by atoms with Crippen LogP contribution in [0.2, 0.25) is 0 Å². The molecule has 1 aromatic carbocycles. The fourth-order valence-electron chi connectivity index (χ4n) is 2.11. The molecule has 1 amide bonds. The second-order valence-corrected chi connectivity index (χ2v) is 5.55. The van der Waals surface area contributed by atoms with Gasteiger partial charge in [0.15, 0.2) is 11.5 Å². The maximum atomic E-state index is 11.5. The molecule has 5 heteroatoms. The summed E-state index contributed by atoms with van der Waals surface area (Å²) in [5.74, 6) is 1.57. The minimum absolute atomic E-state index is 0.00174. The zero-order valence-corrected chi connectivity index (χ0v) is 12.3. The Morgan fingerprint density at radius 1 is 1.25 bits per heavy atom. The highest BCUT2D eigenvalue weighted by Crippen LogP contribution is 2.34. The molecule has 110 valence electrons. The lowest BCUT2D eigenvalue weighted by atomic mass is 9.84. The van der Waals surface area contributed by atoms with Crippen molar-refractivity contribution < 1.29 is 14.3 Å². The Labute approximate surface area is 119 Å². The summed E-state index contributed by atoms with van der Waals surface area (Å²) >= 11 is 0. The first-order valence-corrected chi connectivity index (χ1v) is 6.84. The lowest BCUT2D eigenvalue weighted by Crippen LogP contribution is -2.40. The number of likely N-dealkylation sites (N-methyl/N-ethyl adjacent to an activating group) is 1. The van der Waals surface area contributed by atoms with Gasteiger partial charge in [0.2, 0.25) is 5.91 Å². The van der Waals surface area contributed by atoms with E-state index in [4.69, 9.17) is 9.47 Å². The monoisotopic (exact) mass is 278 g/mol. The van der Waals surface area contributed by atoms with Crippen LogP contribution < -0.4 is 20.1 Å². The van der Waals surface area contributed by atoms with Crippen LogP contribution in [0.3, 0.4) is 0 Å². The highest BCUT2D eigenvalue weighted by molar-refractivity contribution is 5.78. The molecular weight excluding hydrogens is 256 g/mol. The maximum Gasteiger partial charge on any atom is 0.233 e. The number of nitrogens with one attached hydrogen (secondary N) is 2. The van der Waals surface area contributed by atoms with Crippen molar-refractivity contribution >= 4 is 5.91 Å². The van der Waals surface area contributed by atoms with Crippen LogP contribution in [0.25, 0.3) is 0 Å². The highest BCUT2D eigenvalue weighted by atomic mass is 16.6. The number of rotatable bonds is 5. The van der Waals surface area contributed by atoms with Gasteiger partial charge in [0.25, 0.3) is 0 Å². The van der Waals surface area contributed by atoms with Gasteiger partial charge in [-0.05, 0) is 24.7 Å². The Morgan fingerprint density at radius 2 is 1.95 bits per heavy atom. The van der Waals surface area contributed by atoms with E-state index in [0.29, 0.717) is 26.3 Å². The molecule has 0 fully saturated rings. The van der Waals surface area contributed by atoms with E-state index in [2.05, 4.69) is 24.5 Å². The lowest BCUT2D eigenvalue weighted by Gasteiger charge is -2.27. The Kier molecular flexibility index (Phi) is 4.49. The molecule has 0 radical (unpaired) electrons. The predicted molar refractivity (Wildman–Crippen MR) is 77.4 cm³/mol. The molecule has 2 N–H and O–H groups in total. The predicted octanol–water partition coefficient (Wildman–Crippen LogP) is 1.07. The number of carbonyl (C=O) groups excluding carboxylic acids is 1. The van der Waals surface area contributed by atoms with Crippen molar-refractivity contribution in [3.63, 3.8) is 0 Å². The van der Waals surface area contributed by atoms with E-state index in [1.165, 1.54) is 0 Å². The van der Waals surface area contributed by atoms with E-state index in [1.807, 2.05) is 18.2 Å². The number of ether oxygens (including phenoxy) is 2. The Morgan fingerprint density at radius 3 is 2.65 bits per heavy atom. The molecule has 2 rings (SSSR count). The van der Waals surface area contributed by atoms with Gasteiger partial charge in [0.05, 0.1) is 6.54 Å². The topological polar surface area (TPSA) is 59.6 Å². The number of amides is 1. The van der Waals surface area contributed by atoms with Crippen molar-refractivity contribution in [2.75, 3.05) is 33.4 Å². The third kappa shape index (κ3) is 3.42. The Hall–Kier alpha value is -1.75. The first-order chi connectivity index (χ1) is 9.53. The molecular formula is C15H22N2O3. The van der Waals surface area contributed by atoms with E-state index in [-0.39, 0.29) is 11.3 Å². The summed E-state index contributed by atoms with van der Waals surface area (Å²) in [6.45, 7) is 6.27. The third-order valence-electron chi connectivity index (χ3n) is 3.39. The van der Waals surface area contributed by atoms with Gasteiger partial charge in [-0.25, -0.2) is 0 Å². The summed E-state index contributed by atoms with van der Waals surface area (Å²) in [4.78, 5) is 11.5. The molecule has 0 aliphatic carbocycles. The van der Waals surface area contributed by atoms with Crippen LogP contribution in [-0.2, 0) is 10.2 Å². The molecule has 0 bridgehead atoms. The van der Waals surface area contributed by atoms with Crippen LogP contribution >= 0.6 is 0 Å². The van der Waals surface area contributed by atoms with Gasteiger partial charge in [-0.2, -0.15) is 0 Å². The second-order valence-electron chi connectivity index (χ2n) is 5.55. The van der Waals surface area contributed by atoms with Gasteiger partial charge < -0.3 is 20.1 Å². The summed E-state index contributed by atoms with van der Waals surface area (Å²) in [5.41, 5.74) is 0.950. The third-order valence-corrected chi connectivity index (χ3v) is 3.39. The molecule has 0 saturated carbocycles. The molecule has 0 saturated heterocycles. The van der Waals surface area contributed by atoms with Crippen molar-refractivity contribution in [1.29, 1.82) is 0 Å². The number of hydrogen-bond acceptors (Lipinski definition) is 4. The lowest BCUT2D eigenvalue weighted by molar-refractivity contribution is -0.120. The number of benzene rings is 1. The summed E-state index contributed by atoms with van der Waals surface area (Å²) in [5, 5.41) is 5.76. The molecule has 5 nitrogen and oxygen atoms in total. The van der Waals surface area contributed by atoms with Gasteiger partial charge in [0.1, 0.15) is 13.2 Å². The first-order valence-electron chi connectivity index (χ1n) is 6.84. The molecule has 0 spiro atoms. The number of fused-ring (bicyclic) bond motifs is 1. The number of hydrogen-bond donors (Lipinski definition) is 2. The smallest absolute Gasteiger partial charge is 0.233 e. The quantitative estimate of drug-likeness (QED) is 0.846. The second kappa shape index (κ2) is 6.13.